The first kappa shape index (κ1) is 19.1. The number of para-hydroxylation sites is 1. The number of hydrogen-bond acceptors (Lipinski definition) is 6. The van der Waals surface area contributed by atoms with E-state index in [4.69, 9.17) is 9.47 Å². The first-order chi connectivity index (χ1) is 14.0. The minimum Gasteiger partial charge on any atom is -0.486 e. The molecule has 0 bridgehead atoms. The highest BCUT2D eigenvalue weighted by atomic mass is 16.6. The van der Waals surface area contributed by atoms with Crippen LogP contribution in [0.4, 0.5) is 23.1 Å². The van der Waals surface area contributed by atoms with Crippen LogP contribution in [-0.2, 0) is 0 Å². The van der Waals surface area contributed by atoms with Gasteiger partial charge in [-0.1, -0.05) is 32.0 Å². The van der Waals surface area contributed by atoms with Crippen molar-refractivity contribution in [2.75, 3.05) is 23.8 Å². The lowest BCUT2D eigenvalue weighted by Gasteiger charge is -2.19. The Bertz CT molecular complexity index is 1030. The fourth-order valence-electron chi connectivity index (χ4n) is 3.41. The Hall–Kier alpha value is -3.28. The fraction of sp³-hybridized carbons (Fsp3) is 0.304. The maximum Gasteiger partial charge on any atom is 0.229 e. The summed E-state index contributed by atoms with van der Waals surface area (Å²) in [6.07, 6.45) is 0. The van der Waals surface area contributed by atoms with Gasteiger partial charge in [-0.3, -0.25) is 0 Å². The summed E-state index contributed by atoms with van der Waals surface area (Å²) in [5, 5.41) is 6.78. The van der Waals surface area contributed by atoms with Crippen molar-refractivity contribution in [3.05, 3.63) is 59.3 Å². The number of anilines is 4. The van der Waals surface area contributed by atoms with Crippen molar-refractivity contribution in [1.29, 1.82) is 0 Å². The summed E-state index contributed by atoms with van der Waals surface area (Å²) in [5.74, 6) is 3.19. The van der Waals surface area contributed by atoms with Gasteiger partial charge in [0.25, 0.3) is 0 Å². The van der Waals surface area contributed by atoms with Crippen molar-refractivity contribution in [3.8, 4) is 11.5 Å². The van der Waals surface area contributed by atoms with E-state index in [2.05, 4.69) is 59.6 Å². The van der Waals surface area contributed by atoms with Gasteiger partial charge in [0.1, 0.15) is 19.0 Å². The van der Waals surface area contributed by atoms with E-state index < -0.39 is 0 Å². The van der Waals surface area contributed by atoms with Crippen LogP contribution in [0.3, 0.4) is 0 Å². The number of ether oxygens (including phenoxy) is 2. The first-order valence-corrected chi connectivity index (χ1v) is 9.88. The first-order valence-electron chi connectivity index (χ1n) is 9.88. The molecule has 2 N–H and O–H groups in total. The summed E-state index contributed by atoms with van der Waals surface area (Å²) in [7, 11) is 0. The Morgan fingerprint density at radius 1 is 0.897 bits per heavy atom. The molecule has 1 aliphatic heterocycles. The van der Waals surface area contributed by atoms with Crippen LogP contribution in [0.25, 0.3) is 0 Å². The lowest BCUT2D eigenvalue weighted by atomic mass is 9.98. The Balaban J connectivity index is 1.61. The van der Waals surface area contributed by atoms with E-state index >= 15 is 0 Å². The Kier molecular flexibility index (Phi) is 5.25. The molecule has 0 aliphatic carbocycles. The second-order valence-electron chi connectivity index (χ2n) is 7.52. The minimum absolute atomic E-state index is 0.413. The molecule has 0 atom stereocenters. The number of nitrogens with one attached hydrogen (secondary N) is 2. The van der Waals surface area contributed by atoms with Crippen molar-refractivity contribution in [2.24, 2.45) is 0 Å². The quantitative estimate of drug-likeness (QED) is 0.602. The Labute approximate surface area is 171 Å². The molecule has 6 nitrogen and oxygen atoms in total. The summed E-state index contributed by atoms with van der Waals surface area (Å²) in [6.45, 7) is 9.59. The van der Waals surface area contributed by atoms with Crippen LogP contribution in [-0.4, -0.2) is 23.2 Å². The molecule has 0 unspecified atom stereocenters. The second kappa shape index (κ2) is 7.99. The summed E-state index contributed by atoms with van der Waals surface area (Å²) in [5.41, 5.74) is 5.29. The summed E-state index contributed by atoms with van der Waals surface area (Å²) < 4.78 is 11.2. The SMILES string of the molecule is Cc1cc(Nc2c(C)cccc2C(C)C)nc(Nc2ccc3c(c2)OCCO3)n1. The largest absolute Gasteiger partial charge is 0.486 e. The van der Waals surface area contributed by atoms with Gasteiger partial charge >= 0.3 is 0 Å². The standard InChI is InChI=1S/C23H26N4O2/c1-14(2)18-7-5-6-15(3)22(18)26-21-12-16(4)24-23(27-21)25-17-8-9-19-20(13-17)29-11-10-28-19/h5-9,12-14H,10-11H2,1-4H3,(H2,24,25,26,27). The molecule has 2 aromatic carbocycles. The average Bonchev–Trinajstić information content (AvgIpc) is 2.69. The monoisotopic (exact) mass is 390 g/mol. The van der Waals surface area contributed by atoms with Crippen LogP contribution in [0.5, 0.6) is 11.5 Å². The molecule has 29 heavy (non-hydrogen) atoms. The van der Waals surface area contributed by atoms with Crippen molar-refractivity contribution < 1.29 is 9.47 Å². The highest BCUT2D eigenvalue weighted by Gasteiger charge is 2.14. The lowest BCUT2D eigenvalue weighted by molar-refractivity contribution is 0.171. The van der Waals surface area contributed by atoms with Gasteiger partial charge in [0.15, 0.2) is 11.5 Å². The Morgan fingerprint density at radius 3 is 2.48 bits per heavy atom. The normalized spacial score (nSPS) is 12.7. The fourth-order valence-corrected chi connectivity index (χ4v) is 3.41. The highest BCUT2D eigenvalue weighted by molar-refractivity contribution is 5.67. The van der Waals surface area contributed by atoms with Crippen molar-refractivity contribution >= 4 is 23.1 Å². The molecule has 3 aromatic rings. The van der Waals surface area contributed by atoms with Crippen molar-refractivity contribution in [2.45, 2.75) is 33.6 Å². The van der Waals surface area contributed by atoms with Crippen LogP contribution in [0.1, 0.15) is 36.6 Å². The number of rotatable bonds is 5. The lowest BCUT2D eigenvalue weighted by Crippen LogP contribution is -2.15. The molecule has 1 aliphatic rings. The summed E-state index contributed by atoms with van der Waals surface area (Å²) >= 11 is 0. The van der Waals surface area contributed by atoms with Gasteiger partial charge in [-0.15, -0.1) is 0 Å². The summed E-state index contributed by atoms with van der Waals surface area (Å²) in [4.78, 5) is 9.20. The van der Waals surface area contributed by atoms with E-state index in [-0.39, 0.29) is 0 Å². The van der Waals surface area contributed by atoms with Gasteiger partial charge in [0.2, 0.25) is 5.95 Å². The van der Waals surface area contributed by atoms with E-state index in [0.29, 0.717) is 25.1 Å². The second-order valence-corrected chi connectivity index (χ2v) is 7.52. The van der Waals surface area contributed by atoms with Gasteiger partial charge in [-0.2, -0.15) is 4.98 Å². The van der Waals surface area contributed by atoms with Crippen LogP contribution in [0, 0.1) is 13.8 Å². The van der Waals surface area contributed by atoms with E-state index in [9.17, 15) is 0 Å². The van der Waals surface area contributed by atoms with Crippen LogP contribution < -0.4 is 20.1 Å². The third-order valence-corrected chi connectivity index (χ3v) is 4.83. The van der Waals surface area contributed by atoms with E-state index in [1.165, 1.54) is 11.1 Å². The number of aryl methyl sites for hydroxylation is 2. The molecule has 0 spiro atoms. The summed E-state index contributed by atoms with van der Waals surface area (Å²) in [6, 6.07) is 14.0. The minimum atomic E-state index is 0.413. The molecule has 0 fully saturated rings. The molecule has 2 heterocycles. The zero-order valence-electron chi connectivity index (χ0n) is 17.2. The van der Waals surface area contributed by atoms with Gasteiger partial charge in [-0.05, 0) is 43.0 Å². The van der Waals surface area contributed by atoms with Gasteiger partial charge in [-0.25, -0.2) is 4.98 Å². The zero-order valence-corrected chi connectivity index (χ0v) is 17.2. The molecule has 6 heteroatoms. The highest BCUT2D eigenvalue weighted by Crippen LogP contribution is 2.34. The van der Waals surface area contributed by atoms with E-state index in [0.717, 1.165) is 34.4 Å². The maximum absolute atomic E-state index is 5.66. The predicted octanol–water partition coefficient (Wildman–Crippen LogP) is 5.48. The average molecular weight is 390 g/mol. The molecule has 0 saturated carbocycles. The van der Waals surface area contributed by atoms with Crippen molar-refractivity contribution in [3.63, 3.8) is 0 Å². The zero-order chi connectivity index (χ0) is 20.4. The van der Waals surface area contributed by atoms with Crippen LogP contribution in [0.2, 0.25) is 0 Å². The number of fused-ring (bicyclic) bond motifs is 1. The van der Waals surface area contributed by atoms with E-state index in [1.54, 1.807) is 0 Å². The Morgan fingerprint density at radius 2 is 1.69 bits per heavy atom. The van der Waals surface area contributed by atoms with E-state index in [1.807, 2.05) is 31.2 Å². The predicted molar refractivity (Wildman–Crippen MR) is 116 cm³/mol. The molecule has 0 amide bonds. The molecular weight excluding hydrogens is 364 g/mol. The van der Waals surface area contributed by atoms with Gasteiger partial charge in [0, 0.05) is 29.2 Å². The molecule has 0 radical (unpaired) electrons. The third-order valence-electron chi connectivity index (χ3n) is 4.83. The molecule has 150 valence electrons. The smallest absolute Gasteiger partial charge is 0.229 e. The van der Waals surface area contributed by atoms with Gasteiger partial charge < -0.3 is 20.1 Å². The molecule has 4 rings (SSSR count). The molecular formula is C23H26N4O2. The number of benzene rings is 2. The number of nitrogens with zero attached hydrogens (tertiary/aromatic N) is 2. The molecule has 0 saturated heterocycles. The van der Waals surface area contributed by atoms with Crippen molar-refractivity contribution in [1.82, 2.24) is 9.97 Å². The third kappa shape index (κ3) is 4.26. The topological polar surface area (TPSA) is 68.3 Å². The van der Waals surface area contributed by atoms with Crippen LogP contribution >= 0.6 is 0 Å². The maximum atomic E-state index is 5.66. The molecule has 1 aromatic heterocycles. The van der Waals surface area contributed by atoms with Gasteiger partial charge in [0.05, 0.1) is 0 Å². The van der Waals surface area contributed by atoms with Crippen LogP contribution in [0.15, 0.2) is 42.5 Å². The number of hydrogen-bond donors (Lipinski definition) is 2. The number of aromatic nitrogens is 2.